The summed E-state index contributed by atoms with van der Waals surface area (Å²) in [5, 5.41) is 8.69. The Kier molecular flexibility index (Phi) is 4.07. The van der Waals surface area contributed by atoms with Crippen molar-refractivity contribution in [1.82, 2.24) is 0 Å². The first-order valence-electron chi connectivity index (χ1n) is 4.57. The molecular formula is C10H8ClF5O2. The molecule has 1 unspecified atom stereocenters. The van der Waals surface area contributed by atoms with Gasteiger partial charge in [-0.25, -0.2) is 0 Å². The third-order valence-corrected chi connectivity index (χ3v) is 2.55. The van der Waals surface area contributed by atoms with Crippen LogP contribution in [0.25, 0.3) is 0 Å². The first-order chi connectivity index (χ1) is 8.11. The van der Waals surface area contributed by atoms with Crippen LogP contribution in [0.3, 0.4) is 0 Å². The first kappa shape index (κ1) is 15.0. The second kappa shape index (κ2) is 4.89. The van der Waals surface area contributed by atoms with Gasteiger partial charge in [-0.1, -0.05) is 17.7 Å². The van der Waals surface area contributed by atoms with Crippen LogP contribution in [-0.2, 0) is 0 Å². The molecule has 1 rings (SSSR count). The second-order valence-electron chi connectivity index (χ2n) is 3.41. The van der Waals surface area contributed by atoms with E-state index in [-0.39, 0.29) is 5.75 Å². The topological polar surface area (TPSA) is 29.5 Å². The molecule has 1 aromatic rings. The Morgan fingerprint density at radius 3 is 2.17 bits per heavy atom. The van der Waals surface area contributed by atoms with Crippen LogP contribution in [0, 0.1) is 0 Å². The maximum absolute atomic E-state index is 12.9. The van der Waals surface area contributed by atoms with Gasteiger partial charge in [0, 0.05) is 5.56 Å². The molecule has 8 heteroatoms. The van der Waals surface area contributed by atoms with Gasteiger partial charge in [0.1, 0.15) is 5.75 Å². The number of hydrogen-bond donors (Lipinski definition) is 1. The van der Waals surface area contributed by atoms with Crippen molar-refractivity contribution >= 4 is 11.6 Å². The van der Waals surface area contributed by atoms with E-state index in [9.17, 15) is 22.0 Å². The predicted octanol–water partition coefficient (Wildman–Crippen LogP) is 3.58. The molecule has 0 saturated heterocycles. The van der Waals surface area contributed by atoms with E-state index in [4.69, 9.17) is 21.4 Å². The average Bonchev–Trinajstić information content (AvgIpc) is 2.26. The van der Waals surface area contributed by atoms with Crippen LogP contribution in [0.4, 0.5) is 22.0 Å². The van der Waals surface area contributed by atoms with Gasteiger partial charge < -0.3 is 9.84 Å². The van der Waals surface area contributed by atoms with Crippen molar-refractivity contribution in [2.75, 3.05) is 7.11 Å². The Morgan fingerprint density at radius 2 is 1.78 bits per heavy atom. The maximum atomic E-state index is 12.9. The molecule has 2 nitrogen and oxygen atoms in total. The summed E-state index contributed by atoms with van der Waals surface area (Å²) in [6.45, 7) is 0. The highest BCUT2D eigenvalue weighted by Gasteiger charge is 2.62. The third kappa shape index (κ3) is 2.67. The second-order valence-corrected chi connectivity index (χ2v) is 3.82. The van der Waals surface area contributed by atoms with E-state index in [1.54, 1.807) is 0 Å². The highest BCUT2D eigenvalue weighted by atomic mass is 35.5. The third-order valence-electron chi connectivity index (χ3n) is 2.22. The molecule has 0 aliphatic heterocycles. The van der Waals surface area contributed by atoms with E-state index >= 15 is 0 Å². The van der Waals surface area contributed by atoms with Crippen LogP contribution in [0.2, 0.25) is 5.02 Å². The van der Waals surface area contributed by atoms with Gasteiger partial charge in [-0.3, -0.25) is 0 Å². The summed E-state index contributed by atoms with van der Waals surface area (Å²) in [5.41, 5.74) is -0.722. The average molecular weight is 291 g/mol. The lowest BCUT2D eigenvalue weighted by Crippen LogP contribution is -2.42. The Hall–Kier alpha value is -1.08. The van der Waals surface area contributed by atoms with Crippen LogP contribution >= 0.6 is 11.6 Å². The molecule has 0 spiro atoms. The van der Waals surface area contributed by atoms with E-state index < -0.39 is 28.8 Å². The highest BCUT2D eigenvalue weighted by molar-refractivity contribution is 6.31. The van der Waals surface area contributed by atoms with Gasteiger partial charge in [-0.05, 0) is 12.1 Å². The van der Waals surface area contributed by atoms with Gasteiger partial charge in [-0.2, -0.15) is 22.0 Å². The van der Waals surface area contributed by atoms with Crippen molar-refractivity contribution in [2.24, 2.45) is 0 Å². The zero-order valence-corrected chi connectivity index (χ0v) is 9.69. The van der Waals surface area contributed by atoms with Crippen LogP contribution in [0.1, 0.15) is 11.7 Å². The van der Waals surface area contributed by atoms with Gasteiger partial charge in [-0.15, -0.1) is 0 Å². The van der Waals surface area contributed by atoms with Crippen molar-refractivity contribution in [3.8, 4) is 5.75 Å². The molecule has 0 fully saturated rings. The number of methoxy groups -OCH3 is 1. The predicted molar refractivity (Wildman–Crippen MR) is 54.0 cm³/mol. The van der Waals surface area contributed by atoms with Crippen LogP contribution < -0.4 is 4.74 Å². The quantitative estimate of drug-likeness (QED) is 0.862. The lowest BCUT2D eigenvalue weighted by Gasteiger charge is -2.25. The minimum absolute atomic E-state index is 0.172. The molecule has 0 aliphatic carbocycles. The fourth-order valence-electron chi connectivity index (χ4n) is 1.21. The number of halogens is 6. The molecule has 0 aromatic heterocycles. The Morgan fingerprint density at radius 1 is 1.22 bits per heavy atom. The van der Waals surface area contributed by atoms with E-state index in [0.717, 1.165) is 18.2 Å². The van der Waals surface area contributed by atoms with Crippen LogP contribution in [0.15, 0.2) is 18.2 Å². The summed E-state index contributed by atoms with van der Waals surface area (Å²) in [4.78, 5) is 0. The number of ether oxygens (including phenoxy) is 1. The van der Waals surface area contributed by atoms with E-state index in [1.165, 1.54) is 7.11 Å². The summed E-state index contributed by atoms with van der Waals surface area (Å²) in [5.74, 6) is -5.11. The molecule has 18 heavy (non-hydrogen) atoms. The molecule has 0 saturated carbocycles. The molecular weight excluding hydrogens is 283 g/mol. The SMILES string of the molecule is COc1ccc(C(O)C(F)(F)C(F)(F)F)c(Cl)c1. The zero-order chi connectivity index (χ0) is 14.1. The van der Waals surface area contributed by atoms with Crippen molar-refractivity contribution in [2.45, 2.75) is 18.2 Å². The van der Waals surface area contributed by atoms with Gasteiger partial charge in [0.2, 0.25) is 0 Å². The van der Waals surface area contributed by atoms with Gasteiger partial charge in [0.15, 0.2) is 6.10 Å². The molecule has 1 atom stereocenters. The normalized spacial score (nSPS) is 14.4. The number of aliphatic hydroxyl groups excluding tert-OH is 1. The van der Waals surface area contributed by atoms with Crippen molar-refractivity contribution in [3.63, 3.8) is 0 Å². The van der Waals surface area contributed by atoms with Gasteiger partial charge in [0.25, 0.3) is 0 Å². The number of hydrogen-bond acceptors (Lipinski definition) is 2. The van der Waals surface area contributed by atoms with E-state index in [0.29, 0.717) is 0 Å². The number of aliphatic hydroxyl groups is 1. The molecule has 102 valence electrons. The van der Waals surface area contributed by atoms with Crippen molar-refractivity contribution < 1.29 is 31.8 Å². The zero-order valence-electron chi connectivity index (χ0n) is 8.93. The first-order valence-corrected chi connectivity index (χ1v) is 4.95. The number of benzene rings is 1. The summed E-state index contributed by atoms with van der Waals surface area (Å²) in [6.07, 6.45) is -8.94. The smallest absolute Gasteiger partial charge is 0.456 e. The summed E-state index contributed by atoms with van der Waals surface area (Å²) in [7, 11) is 1.27. The van der Waals surface area contributed by atoms with Crippen molar-refractivity contribution in [1.29, 1.82) is 0 Å². The molecule has 1 aromatic carbocycles. The fourth-order valence-corrected chi connectivity index (χ4v) is 1.48. The van der Waals surface area contributed by atoms with Gasteiger partial charge in [0.05, 0.1) is 12.1 Å². The lowest BCUT2D eigenvalue weighted by molar-refractivity contribution is -0.315. The molecule has 0 bridgehead atoms. The lowest BCUT2D eigenvalue weighted by atomic mass is 10.0. The van der Waals surface area contributed by atoms with Crippen LogP contribution in [-0.4, -0.2) is 24.3 Å². The van der Waals surface area contributed by atoms with E-state index in [2.05, 4.69) is 0 Å². The Bertz CT molecular complexity index is 433. The Balaban J connectivity index is 3.15. The molecule has 0 aliphatic rings. The highest BCUT2D eigenvalue weighted by Crippen LogP contribution is 2.46. The maximum Gasteiger partial charge on any atom is 0.456 e. The molecule has 0 amide bonds. The van der Waals surface area contributed by atoms with Crippen molar-refractivity contribution in [3.05, 3.63) is 28.8 Å². The fraction of sp³-hybridized carbons (Fsp3) is 0.400. The standard InChI is InChI=1S/C10H8ClF5O2/c1-18-5-2-3-6(7(11)4-5)8(17)9(12,13)10(14,15)16/h2-4,8,17H,1H3. The summed E-state index contributed by atoms with van der Waals surface area (Å²) in [6, 6.07) is 3.01. The minimum atomic E-state index is -5.87. The molecule has 0 radical (unpaired) electrons. The largest absolute Gasteiger partial charge is 0.497 e. The monoisotopic (exact) mass is 290 g/mol. The minimum Gasteiger partial charge on any atom is -0.497 e. The summed E-state index contributed by atoms with van der Waals surface area (Å²) < 4.78 is 66.7. The van der Waals surface area contributed by atoms with Gasteiger partial charge >= 0.3 is 12.1 Å². The van der Waals surface area contributed by atoms with Crippen LogP contribution in [0.5, 0.6) is 5.75 Å². The molecule has 1 N–H and O–H groups in total. The molecule has 0 heterocycles. The Labute approximate surface area is 104 Å². The van der Waals surface area contributed by atoms with E-state index in [1.807, 2.05) is 0 Å². The number of rotatable bonds is 3. The number of alkyl halides is 5. The summed E-state index contributed by atoms with van der Waals surface area (Å²) >= 11 is 5.52.